The molecule has 0 unspecified atom stereocenters. The van der Waals surface area contributed by atoms with Crippen molar-refractivity contribution in [2.24, 2.45) is 0 Å². The standard InChI is InChI=1S/C21H18F3N5O2/c1-3-13-11-25-29(20(13)21(22,23)24)16-7-5-15(6-8-16)28-12-17(26-27-28)14-4-9-18(30)19(10-14)31-2/h4-12,30H,3H2,1-2H3. The first kappa shape index (κ1) is 20.5. The van der Waals surface area contributed by atoms with Crippen molar-refractivity contribution in [2.75, 3.05) is 7.11 Å². The molecule has 0 saturated carbocycles. The van der Waals surface area contributed by atoms with Crippen LogP contribution in [0.4, 0.5) is 13.2 Å². The molecule has 0 aliphatic rings. The zero-order valence-electron chi connectivity index (χ0n) is 16.6. The number of nitrogens with zero attached hydrogens (tertiary/aromatic N) is 5. The van der Waals surface area contributed by atoms with Gasteiger partial charge < -0.3 is 9.84 Å². The number of aromatic nitrogens is 5. The van der Waals surface area contributed by atoms with Gasteiger partial charge in [0.15, 0.2) is 17.2 Å². The number of rotatable bonds is 5. The molecule has 4 aromatic rings. The van der Waals surface area contributed by atoms with Gasteiger partial charge in [0.1, 0.15) is 5.69 Å². The summed E-state index contributed by atoms with van der Waals surface area (Å²) in [6.45, 7) is 1.66. The lowest BCUT2D eigenvalue weighted by Gasteiger charge is -2.12. The monoisotopic (exact) mass is 429 g/mol. The third-order valence-electron chi connectivity index (χ3n) is 4.82. The molecule has 0 bridgehead atoms. The van der Waals surface area contributed by atoms with Crippen LogP contribution in [0, 0.1) is 0 Å². The number of phenolic OH excluding ortho intramolecular Hbond substituents is 1. The molecule has 2 heterocycles. The van der Waals surface area contributed by atoms with Crippen LogP contribution in [0.3, 0.4) is 0 Å². The van der Waals surface area contributed by atoms with Crippen LogP contribution in [0.25, 0.3) is 22.6 Å². The van der Waals surface area contributed by atoms with E-state index >= 15 is 0 Å². The minimum absolute atomic E-state index is 0.0114. The topological polar surface area (TPSA) is 78.0 Å². The maximum atomic E-state index is 13.5. The molecule has 0 spiro atoms. The zero-order valence-corrected chi connectivity index (χ0v) is 16.6. The predicted molar refractivity (Wildman–Crippen MR) is 107 cm³/mol. The molecule has 2 aromatic carbocycles. The van der Waals surface area contributed by atoms with E-state index in [0.29, 0.717) is 28.4 Å². The van der Waals surface area contributed by atoms with Gasteiger partial charge in [0, 0.05) is 11.1 Å². The van der Waals surface area contributed by atoms with Crippen LogP contribution < -0.4 is 4.74 Å². The molecule has 0 saturated heterocycles. The Hall–Kier alpha value is -3.82. The van der Waals surface area contributed by atoms with Crippen molar-refractivity contribution in [1.29, 1.82) is 0 Å². The summed E-state index contributed by atoms with van der Waals surface area (Å²) in [6, 6.07) is 11.2. The van der Waals surface area contributed by atoms with Crippen LogP contribution in [0.2, 0.25) is 0 Å². The Bertz CT molecular complexity index is 1210. The predicted octanol–water partition coefficient (Wildman–Crippen LogP) is 4.42. The molecular formula is C21H18F3N5O2. The summed E-state index contributed by atoms with van der Waals surface area (Å²) in [5.41, 5.74) is 1.51. The fourth-order valence-corrected chi connectivity index (χ4v) is 3.24. The smallest absolute Gasteiger partial charge is 0.433 e. The molecule has 2 aromatic heterocycles. The molecule has 0 radical (unpaired) electrons. The molecule has 4 rings (SSSR count). The zero-order chi connectivity index (χ0) is 22.2. The van der Waals surface area contributed by atoms with Gasteiger partial charge in [0.2, 0.25) is 0 Å². The molecule has 0 aliphatic heterocycles. The highest BCUT2D eigenvalue weighted by molar-refractivity contribution is 5.63. The normalized spacial score (nSPS) is 11.6. The van der Waals surface area contributed by atoms with Gasteiger partial charge in [-0.25, -0.2) is 9.36 Å². The van der Waals surface area contributed by atoms with Crippen molar-refractivity contribution in [2.45, 2.75) is 19.5 Å². The van der Waals surface area contributed by atoms with Gasteiger partial charge in [-0.3, -0.25) is 0 Å². The number of halogens is 3. The Morgan fingerprint density at radius 3 is 2.42 bits per heavy atom. The minimum atomic E-state index is -4.51. The van der Waals surface area contributed by atoms with E-state index < -0.39 is 11.9 Å². The minimum Gasteiger partial charge on any atom is -0.504 e. The molecule has 31 heavy (non-hydrogen) atoms. The van der Waals surface area contributed by atoms with Crippen molar-refractivity contribution in [1.82, 2.24) is 24.8 Å². The summed E-state index contributed by atoms with van der Waals surface area (Å²) in [6.07, 6.45) is -1.36. The SMILES string of the molecule is CCc1cnn(-c2ccc(-n3cc(-c4ccc(O)c(OC)c4)nn3)cc2)c1C(F)(F)F. The molecule has 0 atom stereocenters. The van der Waals surface area contributed by atoms with E-state index in [4.69, 9.17) is 4.74 Å². The number of aromatic hydroxyl groups is 1. The molecule has 0 amide bonds. The van der Waals surface area contributed by atoms with Gasteiger partial charge >= 0.3 is 6.18 Å². The Kier molecular flexibility index (Phi) is 5.14. The van der Waals surface area contributed by atoms with Crippen LogP contribution in [0.5, 0.6) is 11.5 Å². The van der Waals surface area contributed by atoms with E-state index in [-0.39, 0.29) is 17.7 Å². The lowest BCUT2D eigenvalue weighted by Crippen LogP contribution is -2.15. The molecular weight excluding hydrogens is 411 g/mol. The van der Waals surface area contributed by atoms with Gasteiger partial charge in [-0.15, -0.1) is 5.10 Å². The summed E-state index contributed by atoms with van der Waals surface area (Å²) in [4.78, 5) is 0. The summed E-state index contributed by atoms with van der Waals surface area (Å²) in [5.74, 6) is 0.319. The maximum absolute atomic E-state index is 13.5. The second-order valence-electron chi connectivity index (χ2n) is 6.73. The number of alkyl halides is 3. The van der Waals surface area contributed by atoms with Crippen molar-refractivity contribution in [3.63, 3.8) is 0 Å². The number of methoxy groups -OCH3 is 1. The van der Waals surface area contributed by atoms with Gasteiger partial charge in [-0.1, -0.05) is 12.1 Å². The number of hydrogen-bond donors (Lipinski definition) is 1. The third kappa shape index (κ3) is 3.83. The van der Waals surface area contributed by atoms with Crippen LogP contribution >= 0.6 is 0 Å². The fraction of sp³-hybridized carbons (Fsp3) is 0.190. The van der Waals surface area contributed by atoms with E-state index in [0.717, 1.165) is 4.68 Å². The number of hydrogen-bond acceptors (Lipinski definition) is 5. The number of phenols is 1. The first-order valence-corrected chi connectivity index (χ1v) is 9.36. The summed E-state index contributed by atoms with van der Waals surface area (Å²) in [7, 11) is 1.45. The largest absolute Gasteiger partial charge is 0.504 e. The van der Waals surface area contributed by atoms with E-state index in [2.05, 4.69) is 15.4 Å². The van der Waals surface area contributed by atoms with E-state index in [1.54, 1.807) is 49.5 Å². The number of benzene rings is 2. The average molecular weight is 429 g/mol. The number of ether oxygens (including phenoxy) is 1. The highest BCUT2D eigenvalue weighted by Gasteiger charge is 2.38. The van der Waals surface area contributed by atoms with E-state index in [9.17, 15) is 18.3 Å². The summed E-state index contributed by atoms with van der Waals surface area (Å²) >= 11 is 0. The first-order valence-electron chi connectivity index (χ1n) is 9.36. The average Bonchev–Trinajstić information content (AvgIpc) is 3.41. The Morgan fingerprint density at radius 1 is 1.06 bits per heavy atom. The van der Waals surface area contributed by atoms with Crippen LogP contribution in [-0.4, -0.2) is 37.0 Å². The highest BCUT2D eigenvalue weighted by atomic mass is 19.4. The van der Waals surface area contributed by atoms with Crippen molar-refractivity contribution < 1.29 is 23.0 Å². The number of aryl methyl sites for hydroxylation is 1. The van der Waals surface area contributed by atoms with Crippen LogP contribution in [-0.2, 0) is 12.6 Å². The summed E-state index contributed by atoms with van der Waals surface area (Å²) in [5, 5.41) is 21.8. The quantitative estimate of drug-likeness (QED) is 0.508. The van der Waals surface area contributed by atoms with Gasteiger partial charge in [0.25, 0.3) is 0 Å². The highest BCUT2D eigenvalue weighted by Crippen LogP contribution is 2.34. The van der Waals surface area contributed by atoms with Crippen molar-refractivity contribution in [3.8, 4) is 34.1 Å². The van der Waals surface area contributed by atoms with Crippen molar-refractivity contribution >= 4 is 0 Å². The van der Waals surface area contributed by atoms with Crippen molar-refractivity contribution in [3.05, 3.63) is 66.1 Å². The molecule has 0 fully saturated rings. The Labute approximate surface area is 175 Å². The third-order valence-corrected chi connectivity index (χ3v) is 4.82. The molecule has 7 nitrogen and oxygen atoms in total. The Morgan fingerprint density at radius 2 is 1.77 bits per heavy atom. The van der Waals surface area contributed by atoms with E-state index in [1.807, 2.05) is 0 Å². The van der Waals surface area contributed by atoms with Gasteiger partial charge in [-0.05, 0) is 48.9 Å². The second kappa shape index (κ2) is 7.78. The van der Waals surface area contributed by atoms with E-state index in [1.165, 1.54) is 24.1 Å². The second-order valence-corrected chi connectivity index (χ2v) is 6.73. The lowest BCUT2D eigenvalue weighted by molar-refractivity contribution is -0.143. The fourth-order valence-electron chi connectivity index (χ4n) is 3.24. The molecule has 10 heteroatoms. The molecule has 0 aliphatic carbocycles. The van der Waals surface area contributed by atoms with Crippen LogP contribution in [0.1, 0.15) is 18.2 Å². The lowest BCUT2D eigenvalue weighted by atomic mass is 10.1. The first-order chi connectivity index (χ1) is 14.8. The summed E-state index contributed by atoms with van der Waals surface area (Å²) < 4.78 is 48.0. The Balaban J connectivity index is 1.64. The van der Waals surface area contributed by atoms with Gasteiger partial charge in [0.05, 0.1) is 30.9 Å². The maximum Gasteiger partial charge on any atom is 0.433 e. The van der Waals surface area contributed by atoms with Gasteiger partial charge in [-0.2, -0.15) is 18.3 Å². The van der Waals surface area contributed by atoms with Crippen LogP contribution in [0.15, 0.2) is 54.9 Å². The molecule has 1 N–H and O–H groups in total. The molecule has 160 valence electrons.